The van der Waals surface area contributed by atoms with Crippen molar-refractivity contribution in [3.8, 4) is 0 Å². The molecule has 4 rings (SSSR count). The van der Waals surface area contributed by atoms with E-state index in [2.05, 4.69) is 0 Å². The van der Waals surface area contributed by atoms with Crippen LogP contribution in [0.3, 0.4) is 0 Å². The third-order valence-corrected chi connectivity index (χ3v) is 6.63. The number of hydrogen-bond donors (Lipinski definition) is 1. The summed E-state index contributed by atoms with van der Waals surface area (Å²) < 4.78 is 16.1. The standard InChI is InChI=1S/C22H25NO4.C12H16O3/c24-21(13-7-8-14-26-16-19-11-5-2-6-12-19)23-20(17-27-22(23)25)15-18-9-3-1-4-10-18;13-12(14)8-4-5-9-15-10-11-6-2-1-3-7-11/h1-6,9-12,20H,7-8,13-17H2;1-3,6-7H,4-5,8-10H2,(H,13,14)/t20-;/m1./s1. The molecule has 1 fully saturated rings. The molecule has 224 valence electrons. The van der Waals surface area contributed by atoms with Gasteiger partial charge in [-0.1, -0.05) is 91.0 Å². The number of carbonyl (C=O) groups is 3. The Morgan fingerprint density at radius 3 is 1.69 bits per heavy atom. The maximum Gasteiger partial charge on any atom is 0.416 e. The van der Waals surface area contributed by atoms with Gasteiger partial charge in [-0.3, -0.25) is 9.59 Å². The SMILES string of the molecule is O=C(CCCCOCc1ccccc1)N1C(=O)OC[C@H]1Cc1ccccc1.O=C(O)CCCCOCc1ccccc1. The van der Waals surface area contributed by atoms with E-state index in [9.17, 15) is 14.4 Å². The zero-order valence-electron chi connectivity index (χ0n) is 24.1. The normalized spacial score (nSPS) is 14.1. The van der Waals surface area contributed by atoms with Crippen molar-refractivity contribution in [3.63, 3.8) is 0 Å². The summed E-state index contributed by atoms with van der Waals surface area (Å²) in [6.07, 6.45) is 3.62. The summed E-state index contributed by atoms with van der Waals surface area (Å²) in [4.78, 5) is 36.0. The summed E-state index contributed by atoms with van der Waals surface area (Å²) >= 11 is 0. The minimum atomic E-state index is -0.738. The van der Waals surface area contributed by atoms with Crippen molar-refractivity contribution in [2.24, 2.45) is 0 Å². The molecule has 2 amide bonds. The first-order valence-electron chi connectivity index (χ1n) is 14.5. The van der Waals surface area contributed by atoms with E-state index in [1.807, 2.05) is 91.0 Å². The van der Waals surface area contributed by atoms with Crippen LogP contribution in [0.1, 0.15) is 55.2 Å². The molecule has 0 aromatic heterocycles. The lowest BCUT2D eigenvalue weighted by Gasteiger charge is -2.19. The maximum absolute atomic E-state index is 12.5. The minimum Gasteiger partial charge on any atom is -0.481 e. The molecule has 0 bridgehead atoms. The number of hydrogen-bond acceptors (Lipinski definition) is 6. The van der Waals surface area contributed by atoms with Crippen molar-refractivity contribution in [2.45, 2.75) is 64.2 Å². The summed E-state index contributed by atoms with van der Waals surface area (Å²) in [5.74, 6) is -0.903. The number of carbonyl (C=O) groups excluding carboxylic acids is 2. The van der Waals surface area contributed by atoms with E-state index < -0.39 is 12.1 Å². The Hall–Kier alpha value is -4.01. The average molecular weight is 576 g/mol. The van der Waals surface area contributed by atoms with Crippen LogP contribution in [0.4, 0.5) is 4.79 Å². The number of benzene rings is 3. The third kappa shape index (κ3) is 12.7. The molecule has 8 heteroatoms. The molecule has 1 aliphatic heterocycles. The van der Waals surface area contributed by atoms with Crippen LogP contribution < -0.4 is 0 Å². The zero-order chi connectivity index (χ0) is 29.8. The number of nitrogens with zero attached hydrogens (tertiary/aromatic N) is 1. The van der Waals surface area contributed by atoms with Gasteiger partial charge in [0.05, 0.1) is 19.3 Å². The summed E-state index contributed by atoms with van der Waals surface area (Å²) in [7, 11) is 0. The van der Waals surface area contributed by atoms with Crippen molar-refractivity contribution in [1.82, 2.24) is 4.90 Å². The van der Waals surface area contributed by atoms with Gasteiger partial charge in [-0.15, -0.1) is 0 Å². The van der Waals surface area contributed by atoms with Crippen LogP contribution in [0.5, 0.6) is 0 Å². The maximum atomic E-state index is 12.5. The Labute approximate surface area is 248 Å². The number of amides is 2. The first kappa shape index (κ1) is 32.5. The van der Waals surface area contributed by atoms with E-state index >= 15 is 0 Å². The number of unbranched alkanes of at least 4 members (excludes halogenated alkanes) is 2. The Kier molecular flexibility index (Phi) is 14.8. The fraction of sp³-hybridized carbons (Fsp3) is 0.382. The Morgan fingerprint density at radius 2 is 1.19 bits per heavy atom. The molecule has 8 nitrogen and oxygen atoms in total. The van der Waals surface area contributed by atoms with Crippen LogP contribution in [-0.4, -0.2) is 53.8 Å². The lowest BCUT2D eigenvalue weighted by Crippen LogP contribution is -2.40. The van der Waals surface area contributed by atoms with E-state index in [4.69, 9.17) is 19.3 Å². The van der Waals surface area contributed by atoms with Gasteiger partial charge in [-0.05, 0) is 48.8 Å². The minimum absolute atomic E-state index is 0.165. The lowest BCUT2D eigenvalue weighted by atomic mass is 10.1. The molecule has 0 spiro atoms. The van der Waals surface area contributed by atoms with E-state index in [0.717, 1.165) is 29.5 Å². The number of cyclic esters (lactones) is 1. The van der Waals surface area contributed by atoms with E-state index in [1.165, 1.54) is 4.90 Å². The fourth-order valence-electron chi connectivity index (χ4n) is 4.41. The van der Waals surface area contributed by atoms with Gasteiger partial charge in [-0.2, -0.15) is 0 Å². The number of aliphatic carboxylic acids is 1. The van der Waals surface area contributed by atoms with Crippen LogP contribution in [0, 0.1) is 0 Å². The zero-order valence-corrected chi connectivity index (χ0v) is 24.1. The highest BCUT2D eigenvalue weighted by atomic mass is 16.6. The van der Waals surface area contributed by atoms with Gasteiger partial charge in [0.25, 0.3) is 0 Å². The lowest BCUT2D eigenvalue weighted by molar-refractivity contribution is -0.137. The van der Waals surface area contributed by atoms with E-state index in [0.29, 0.717) is 52.1 Å². The van der Waals surface area contributed by atoms with Gasteiger partial charge in [0.1, 0.15) is 6.61 Å². The van der Waals surface area contributed by atoms with Gasteiger partial charge in [0.2, 0.25) is 5.91 Å². The summed E-state index contributed by atoms with van der Waals surface area (Å²) in [6.45, 7) is 2.67. The predicted octanol–water partition coefficient (Wildman–Crippen LogP) is 6.42. The van der Waals surface area contributed by atoms with Crippen molar-refractivity contribution >= 4 is 18.0 Å². The first-order valence-corrected chi connectivity index (χ1v) is 14.5. The molecule has 1 heterocycles. The fourth-order valence-corrected chi connectivity index (χ4v) is 4.41. The number of ether oxygens (including phenoxy) is 3. The predicted molar refractivity (Wildman–Crippen MR) is 160 cm³/mol. The second-order valence-electron chi connectivity index (χ2n) is 10.1. The highest BCUT2D eigenvalue weighted by Crippen LogP contribution is 2.19. The third-order valence-electron chi connectivity index (χ3n) is 6.63. The van der Waals surface area contributed by atoms with Gasteiger partial charge in [0.15, 0.2) is 0 Å². The quantitative estimate of drug-likeness (QED) is 0.197. The summed E-state index contributed by atoms with van der Waals surface area (Å²) in [5.41, 5.74) is 3.38. The van der Waals surface area contributed by atoms with Gasteiger partial charge in [0, 0.05) is 26.1 Å². The van der Waals surface area contributed by atoms with Crippen molar-refractivity contribution in [1.29, 1.82) is 0 Å². The summed E-state index contributed by atoms with van der Waals surface area (Å²) in [5, 5.41) is 8.41. The van der Waals surface area contributed by atoms with Crippen LogP contribution >= 0.6 is 0 Å². The number of carboxylic acids is 1. The van der Waals surface area contributed by atoms with Crippen molar-refractivity contribution < 1.29 is 33.7 Å². The summed E-state index contributed by atoms with van der Waals surface area (Å²) in [6, 6.07) is 29.6. The van der Waals surface area contributed by atoms with Crippen molar-refractivity contribution in [2.75, 3.05) is 19.8 Å². The molecule has 0 unspecified atom stereocenters. The van der Waals surface area contributed by atoms with Crippen LogP contribution in [0.2, 0.25) is 0 Å². The number of carboxylic acid groups (broad SMARTS) is 1. The van der Waals surface area contributed by atoms with E-state index in [1.54, 1.807) is 0 Å². The van der Waals surface area contributed by atoms with Crippen molar-refractivity contribution in [3.05, 3.63) is 108 Å². The molecule has 3 aromatic rings. The first-order chi connectivity index (χ1) is 20.5. The monoisotopic (exact) mass is 575 g/mol. The Morgan fingerprint density at radius 1 is 0.714 bits per heavy atom. The highest BCUT2D eigenvalue weighted by molar-refractivity contribution is 5.93. The Balaban J connectivity index is 0.000000274. The second-order valence-corrected chi connectivity index (χ2v) is 10.1. The molecule has 0 radical (unpaired) electrons. The second kappa shape index (κ2) is 19.2. The highest BCUT2D eigenvalue weighted by Gasteiger charge is 2.37. The topological polar surface area (TPSA) is 102 Å². The van der Waals surface area contributed by atoms with Crippen LogP contribution in [-0.2, 0) is 43.4 Å². The van der Waals surface area contributed by atoms with Crippen LogP contribution in [0.25, 0.3) is 0 Å². The molecule has 42 heavy (non-hydrogen) atoms. The van der Waals surface area contributed by atoms with E-state index in [-0.39, 0.29) is 25.0 Å². The van der Waals surface area contributed by atoms with Gasteiger partial charge >= 0.3 is 12.1 Å². The number of rotatable bonds is 16. The average Bonchev–Trinajstić information content (AvgIpc) is 3.37. The molecule has 1 atom stereocenters. The molecule has 0 saturated carbocycles. The smallest absolute Gasteiger partial charge is 0.416 e. The van der Waals surface area contributed by atoms with Gasteiger partial charge in [-0.25, -0.2) is 9.69 Å². The Bertz CT molecular complexity index is 1190. The molecular weight excluding hydrogens is 534 g/mol. The molecule has 1 saturated heterocycles. The molecular formula is C34H41NO7. The molecule has 1 N–H and O–H groups in total. The molecule has 0 aliphatic carbocycles. The molecule has 1 aliphatic rings. The number of imide groups is 1. The van der Waals surface area contributed by atoms with Crippen LogP contribution in [0.15, 0.2) is 91.0 Å². The largest absolute Gasteiger partial charge is 0.481 e. The molecule has 3 aromatic carbocycles. The van der Waals surface area contributed by atoms with Gasteiger partial charge < -0.3 is 19.3 Å².